The smallest absolute Gasteiger partial charge is 0.332 e. The van der Waals surface area contributed by atoms with Gasteiger partial charge in [-0.05, 0) is 31.9 Å². The van der Waals surface area contributed by atoms with Crippen LogP contribution in [0.3, 0.4) is 0 Å². The highest BCUT2D eigenvalue weighted by atomic mass is 16.2. The maximum Gasteiger partial charge on any atom is 0.332 e. The summed E-state index contributed by atoms with van der Waals surface area (Å²) in [5.74, 6) is 6.51. The number of nitrogens with two attached hydrogens (primary N) is 1. The molecule has 0 bridgehead atoms. The van der Waals surface area contributed by atoms with Crippen molar-refractivity contribution < 1.29 is 0 Å². The molecule has 10 nitrogen and oxygen atoms in total. The van der Waals surface area contributed by atoms with Crippen LogP contribution in [0, 0.1) is 23.2 Å². The average molecular weight is 483 g/mol. The molecule has 5 rings (SSSR count). The third-order valence-electron chi connectivity index (χ3n) is 6.59. The molecule has 3 aromatic heterocycles. The van der Waals surface area contributed by atoms with E-state index in [1.807, 2.05) is 12.1 Å². The Kier molecular flexibility index (Phi) is 6.05. The van der Waals surface area contributed by atoms with E-state index in [0.29, 0.717) is 40.4 Å². The SMILES string of the molecule is CC#CCn1c(N2CCCC(N)C2)nc2c1c(=O)n(Cc1ccc3cccc(C#N)c3n1)c(=O)n2C. The number of anilines is 1. The van der Waals surface area contributed by atoms with Gasteiger partial charge in [0.05, 0.1) is 29.9 Å². The molecule has 4 aromatic rings. The summed E-state index contributed by atoms with van der Waals surface area (Å²) in [5.41, 5.74) is 7.36. The molecule has 36 heavy (non-hydrogen) atoms. The van der Waals surface area contributed by atoms with Crippen LogP contribution in [-0.2, 0) is 20.1 Å². The highest BCUT2D eigenvalue weighted by Crippen LogP contribution is 2.23. The van der Waals surface area contributed by atoms with Gasteiger partial charge in [0, 0.05) is 31.6 Å². The number of aryl methyl sites for hydroxylation is 1. The van der Waals surface area contributed by atoms with Crippen molar-refractivity contribution in [2.45, 2.75) is 38.9 Å². The molecule has 1 fully saturated rings. The summed E-state index contributed by atoms with van der Waals surface area (Å²) in [6.07, 6.45) is 1.86. The number of nitriles is 1. The first kappa shape index (κ1) is 23.3. The molecule has 0 saturated carbocycles. The standard InChI is InChI=1S/C26H26N8O2/c1-3-4-13-33-22-23(30-25(33)32-12-6-9-19(28)15-32)31(2)26(36)34(24(22)35)16-20-11-10-17-7-5-8-18(14-27)21(17)29-20/h5,7-8,10-11,19H,6,9,12-13,15-16,28H2,1-2H3. The molecule has 0 aliphatic carbocycles. The fourth-order valence-corrected chi connectivity index (χ4v) is 4.77. The predicted molar refractivity (Wildman–Crippen MR) is 138 cm³/mol. The number of rotatable bonds is 4. The van der Waals surface area contributed by atoms with Crippen LogP contribution in [0.15, 0.2) is 39.9 Å². The van der Waals surface area contributed by atoms with Gasteiger partial charge in [0.1, 0.15) is 6.07 Å². The molecule has 1 aromatic carbocycles. The van der Waals surface area contributed by atoms with Crippen molar-refractivity contribution in [3.8, 4) is 17.9 Å². The van der Waals surface area contributed by atoms with Gasteiger partial charge in [0.15, 0.2) is 11.2 Å². The number of benzene rings is 1. The van der Waals surface area contributed by atoms with Crippen LogP contribution < -0.4 is 21.9 Å². The number of fused-ring (bicyclic) bond motifs is 2. The van der Waals surface area contributed by atoms with Gasteiger partial charge in [-0.2, -0.15) is 10.2 Å². The van der Waals surface area contributed by atoms with E-state index in [1.165, 1.54) is 4.57 Å². The Labute approximate surface area is 207 Å². The van der Waals surface area contributed by atoms with Crippen molar-refractivity contribution in [1.29, 1.82) is 5.26 Å². The molecule has 1 unspecified atom stereocenters. The lowest BCUT2D eigenvalue weighted by Gasteiger charge is -2.31. The molecule has 0 amide bonds. The van der Waals surface area contributed by atoms with Gasteiger partial charge in [-0.3, -0.25) is 18.5 Å². The lowest BCUT2D eigenvalue weighted by molar-refractivity contribution is 0.496. The van der Waals surface area contributed by atoms with Gasteiger partial charge in [-0.1, -0.05) is 24.1 Å². The van der Waals surface area contributed by atoms with Crippen LogP contribution in [0.5, 0.6) is 0 Å². The van der Waals surface area contributed by atoms with E-state index in [9.17, 15) is 14.9 Å². The van der Waals surface area contributed by atoms with Crippen LogP contribution in [-0.4, -0.2) is 42.8 Å². The molecule has 1 aliphatic rings. The Bertz CT molecular complexity index is 1710. The Hall–Kier alpha value is -4.41. The summed E-state index contributed by atoms with van der Waals surface area (Å²) in [6, 6.07) is 11.1. The minimum atomic E-state index is -0.490. The Balaban J connectivity index is 1.68. The van der Waals surface area contributed by atoms with Gasteiger partial charge >= 0.3 is 5.69 Å². The number of aromatic nitrogens is 5. The van der Waals surface area contributed by atoms with Crippen LogP contribution >= 0.6 is 0 Å². The number of piperidine rings is 1. The van der Waals surface area contributed by atoms with E-state index in [0.717, 1.165) is 29.3 Å². The summed E-state index contributed by atoms with van der Waals surface area (Å²) in [5, 5.41) is 10.3. The number of imidazole rings is 1. The minimum Gasteiger partial charge on any atom is -0.341 e. The molecule has 10 heteroatoms. The highest BCUT2D eigenvalue weighted by Gasteiger charge is 2.26. The van der Waals surface area contributed by atoms with Gasteiger partial charge in [0.25, 0.3) is 5.56 Å². The van der Waals surface area contributed by atoms with Crippen LogP contribution in [0.25, 0.3) is 22.1 Å². The fourth-order valence-electron chi connectivity index (χ4n) is 4.77. The van der Waals surface area contributed by atoms with Gasteiger partial charge < -0.3 is 10.6 Å². The molecular formula is C26H26N8O2. The predicted octanol–water partition coefficient (Wildman–Crippen LogP) is 1.32. The van der Waals surface area contributed by atoms with Crippen molar-refractivity contribution in [2.24, 2.45) is 12.8 Å². The number of hydrogen-bond acceptors (Lipinski definition) is 7. The van der Waals surface area contributed by atoms with Crippen LogP contribution in [0.4, 0.5) is 5.95 Å². The minimum absolute atomic E-state index is 0.0158. The van der Waals surface area contributed by atoms with Gasteiger partial charge in [-0.25, -0.2) is 9.78 Å². The number of para-hydroxylation sites is 1. The topological polar surface area (TPSA) is 128 Å². The van der Waals surface area contributed by atoms with Crippen LogP contribution in [0.2, 0.25) is 0 Å². The van der Waals surface area contributed by atoms with E-state index in [2.05, 4.69) is 27.8 Å². The summed E-state index contributed by atoms with van der Waals surface area (Å²) in [7, 11) is 1.61. The molecule has 2 N–H and O–H groups in total. The third-order valence-corrected chi connectivity index (χ3v) is 6.59. The molecule has 0 spiro atoms. The Morgan fingerprint density at radius 3 is 2.75 bits per heavy atom. The Morgan fingerprint density at radius 1 is 1.17 bits per heavy atom. The van der Waals surface area contributed by atoms with Crippen molar-refractivity contribution in [3.63, 3.8) is 0 Å². The first-order valence-corrected chi connectivity index (χ1v) is 11.8. The summed E-state index contributed by atoms with van der Waals surface area (Å²) >= 11 is 0. The fraction of sp³-hybridized carbons (Fsp3) is 0.346. The molecular weight excluding hydrogens is 456 g/mol. The normalized spacial score (nSPS) is 15.6. The first-order chi connectivity index (χ1) is 17.4. The van der Waals surface area contributed by atoms with E-state index in [1.54, 1.807) is 36.7 Å². The number of nitrogens with zero attached hydrogens (tertiary/aromatic N) is 7. The quantitative estimate of drug-likeness (QED) is 0.435. The monoisotopic (exact) mass is 482 g/mol. The Morgan fingerprint density at radius 2 is 2.00 bits per heavy atom. The lowest BCUT2D eigenvalue weighted by atomic mass is 10.1. The van der Waals surface area contributed by atoms with Crippen LogP contribution in [0.1, 0.15) is 31.0 Å². The average Bonchev–Trinajstić information content (AvgIpc) is 3.28. The molecule has 1 atom stereocenters. The summed E-state index contributed by atoms with van der Waals surface area (Å²) in [6.45, 7) is 3.35. The second kappa shape index (κ2) is 9.33. The third kappa shape index (κ3) is 3.92. The second-order valence-corrected chi connectivity index (χ2v) is 8.97. The van der Waals surface area contributed by atoms with Crippen molar-refractivity contribution >= 4 is 28.0 Å². The van der Waals surface area contributed by atoms with Crippen molar-refractivity contribution in [1.82, 2.24) is 23.7 Å². The van der Waals surface area contributed by atoms with Gasteiger partial charge in [-0.15, -0.1) is 5.92 Å². The zero-order valence-electron chi connectivity index (χ0n) is 20.2. The second-order valence-electron chi connectivity index (χ2n) is 8.97. The maximum atomic E-state index is 13.8. The number of hydrogen-bond donors (Lipinski definition) is 1. The van der Waals surface area contributed by atoms with Gasteiger partial charge in [0.2, 0.25) is 5.95 Å². The molecule has 0 radical (unpaired) electrons. The van der Waals surface area contributed by atoms with Crippen molar-refractivity contribution in [2.75, 3.05) is 18.0 Å². The van der Waals surface area contributed by atoms with Crippen molar-refractivity contribution in [3.05, 3.63) is 62.4 Å². The summed E-state index contributed by atoms with van der Waals surface area (Å²) in [4.78, 5) is 38.4. The van der Waals surface area contributed by atoms with E-state index >= 15 is 0 Å². The largest absolute Gasteiger partial charge is 0.341 e. The molecule has 182 valence electrons. The van der Waals surface area contributed by atoms with E-state index < -0.39 is 11.2 Å². The zero-order valence-corrected chi connectivity index (χ0v) is 20.2. The number of pyridine rings is 1. The first-order valence-electron chi connectivity index (χ1n) is 11.8. The van der Waals surface area contributed by atoms with E-state index in [-0.39, 0.29) is 19.1 Å². The lowest BCUT2D eigenvalue weighted by Crippen LogP contribution is -2.44. The highest BCUT2D eigenvalue weighted by molar-refractivity contribution is 5.84. The zero-order chi connectivity index (χ0) is 25.4. The molecule has 4 heterocycles. The molecule has 1 saturated heterocycles. The van der Waals surface area contributed by atoms with E-state index in [4.69, 9.17) is 10.7 Å². The molecule has 1 aliphatic heterocycles. The maximum absolute atomic E-state index is 13.8. The summed E-state index contributed by atoms with van der Waals surface area (Å²) < 4.78 is 4.33.